The Bertz CT molecular complexity index is 1160. The van der Waals surface area contributed by atoms with Crippen LogP contribution in [0.25, 0.3) is 0 Å². The van der Waals surface area contributed by atoms with Crippen molar-refractivity contribution < 1.29 is 50.8 Å². The Hall–Kier alpha value is -2.99. The van der Waals surface area contributed by atoms with Gasteiger partial charge in [-0.2, -0.15) is 26.3 Å². The Kier molecular flexibility index (Phi) is 7.10. The zero-order valence-electron chi connectivity index (χ0n) is 19.8. The minimum Gasteiger partial charge on any atom is -0.486 e. The van der Waals surface area contributed by atoms with Crippen molar-refractivity contribution in [3.63, 3.8) is 0 Å². The molecule has 2 aliphatic heterocycles. The van der Waals surface area contributed by atoms with Crippen LogP contribution in [0.15, 0.2) is 36.4 Å². The summed E-state index contributed by atoms with van der Waals surface area (Å²) in [5.41, 5.74) is -2.37. The number of carboxylic acid groups (broad SMARTS) is 1. The molecule has 0 unspecified atom stereocenters. The van der Waals surface area contributed by atoms with Gasteiger partial charge >= 0.3 is 18.3 Å². The second kappa shape index (κ2) is 9.71. The van der Waals surface area contributed by atoms with Crippen molar-refractivity contribution >= 4 is 5.97 Å². The lowest BCUT2D eigenvalue weighted by Crippen LogP contribution is -2.56. The predicted molar refractivity (Wildman–Crippen MR) is 118 cm³/mol. The molecule has 2 heterocycles. The van der Waals surface area contributed by atoms with Crippen molar-refractivity contribution in [3.05, 3.63) is 58.7 Å². The van der Waals surface area contributed by atoms with Gasteiger partial charge in [-0.3, -0.25) is 9.69 Å². The number of nitrogens with zero attached hydrogens (tertiary/aromatic N) is 1. The van der Waals surface area contributed by atoms with Crippen molar-refractivity contribution in [1.29, 1.82) is 0 Å². The van der Waals surface area contributed by atoms with Gasteiger partial charge in [0, 0.05) is 25.0 Å². The third-order valence-electron chi connectivity index (χ3n) is 7.00. The van der Waals surface area contributed by atoms with Gasteiger partial charge in [0.2, 0.25) is 0 Å². The molecule has 1 saturated heterocycles. The van der Waals surface area contributed by atoms with E-state index in [0.717, 1.165) is 0 Å². The van der Waals surface area contributed by atoms with E-state index in [1.54, 1.807) is 11.0 Å². The van der Waals surface area contributed by atoms with Crippen LogP contribution in [0.1, 0.15) is 48.2 Å². The maximum Gasteiger partial charge on any atom is 0.416 e. The molecule has 6 nitrogen and oxygen atoms in total. The Morgan fingerprint density at radius 2 is 1.68 bits per heavy atom. The number of aliphatic hydroxyl groups is 1. The molecule has 0 saturated carbocycles. The first kappa shape index (κ1) is 27.1. The van der Waals surface area contributed by atoms with Crippen LogP contribution < -0.4 is 9.47 Å². The third kappa shape index (κ3) is 5.49. The van der Waals surface area contributed by atoms with Gasteiger partial charge in [-0.25, -0.2) is 0 Å². The van der Waals surface area contributed by atoms with Crippen LogP contribution in [0, 0.1) is 11.8 Å². The SMILES string of the molecule is C[C@H](C(=O)O)[C@@H](O)c1ccc2c(c1)O[C@H](C1CN([C@H](C)c3cc(C(F)(F)F)ccc3C(F)(F)F)C1)CO2. The summed E-state index contributed by atoms with van der Waals surface area (Å²) in [7, 11) is 0. The van der Waals surface area contributed by atoms with Crippen LogP contribution >= 0.6 is 0 Å². The number of halogens is 6. The van der Waals surface area contributed by atoms with Crippen LogP contribution in [0.2, 0.25) is 0 Å². The first-order valence-corrected chi connectivity index (χ1v) is 11.5. The molecule has 0 aromatic heterocycles. The van der Waals surface area contributed by atoms with Crippen LogP contribution in [0.4, 0.5) is 26.3 Å². The van der Waals surface area contributed by atoms with E-state index in [0.29, 0.717) is 35.3 Å². The summed E-state index contributed by atoms with van der Waals surface area (Å²) < 4.78 is 91.8. The average molecular weight is 533 g/mol. The number of likely N-dealkylation sites (tertiary alicyclic amines) is 1. The lowest BCUT2D eigenvalue weighted by molar-refractivity contribution is -0.145. The average Bonchev–Trinajstić information content (AvgIpc) is 2.80. The molecule has 0 amide bonds. The molecule has 4 rings (SSSR count). The first-order valence-electron chi connectivity index (χ1n) is 11.5. The minimum atomic E-state index is -4.80. The van der Waals surface area contributed by atoms with Crippen molar-refractivity contribution in [2.75, 3.05) is 19.7 Å². The normalized spacial score (nSPS) is 21.2. The van der Waals surface area contributed by atoms with E-state index in [1.807, 2.05) is 0 Å². The highest BCUT2D eigenvalue weighted by Gasteiger charge is 2.43. The molecule has 4 atom stereocenters. The van der Waals surface area contributed by atoms with E-state index < -0.39 is 59.2 Å². The molecule has 1 fully saturated rings. The molecule has 2 aromatic carbocycles. The summed E-state index contributed by atoms with van der Waals surface area (Å²) in [4.78, 5) is 12.8. The summed E-state index contributed by atoms with van der Waals surface area (Å²) in [6.45, 7) is 3.51. The van der Waals surface area contributed by atoms with Gasteiger partial charge in [0.25, 0.3) is 0 Å². The second-order valence-corrected chi connectivity index (χ2v) is 9.43. The zero-order valence-corrected chi connectivity index (χ0v) is 19.8. The number of carbonyl (C=O) groups is 1. The van der Waals surface area contributed by atoms with E-state index in [-0.39, 0.29) is 25.6 Å². The third-order valence-corrected chi connectivity index (χ3v) is 7.00. The monoisotopic (exact) mass is 533 g/mol. The van der Waals surface area contributed by atoms with E-state index >= 15 is 0 Å². The summed E-state index contributed by atoms with van der Waals surface area (Å²) in [5, 5.41) is 19.4. The van der Waals surface area contributed by atoms with Gasteiger partial charge in [-0.05, 0) is 55.3 Å². The standard InChI is InChI=1S/C25H25F6NO5/c1-12(23(34)35)22(33)14-3-6-19-20(7-14)37-21(11-36-19)15-9-32(10-15)13(2)17-8-16(24(26,27)28)4-5-18(17)25(29,30)31/h3-8,12-13,15,21-22,33H,9-11H2,1-2H3,(H,34,35)/t12-,13+,21-,22+/m0/s1. The highest BCUT2D eigenvalue weighted by atomic mass is 19.4. The van der Waals surface area contributed by atoms with E-state index in [4.69, 9.17) is 14.6 Å². The maximum atomic E-state index is 13.5. The number of aliphatic carboxylic acids is 1. The van der Waals surface area contributed by atoms with Crippen LogP contribution in [-0.2, 0) is 17.1 Å². The zero-order chi connectivity index (χ0) is 27.3. The Morgan fingerprint density at radius 3 is 2.27 bits per heavy atom. The van der Waals surface area contributed by atoms with E-state index in [1.165, 1.54) is 26.0 Å². The predicted octanol–water partition coefficient (Wildman–Crippen LogP) is 5.31. The van der Waals surface area contributed by atoms with Crippen LogP contribution in [0.5, 0.6) is 11.5 Å². The number of benzene rings is 2. The number of hydrogen-bond acceptors (Lipinski definition) is 5. The fourth-order valence-corrected chi connectivity index (χ4v) is 4.58. The number of fused-ring (bicyclic) bond motifs is 1. The van der Waals surface area contributed by atoms with Gasteiger partial charge in [0.05, 0.1) is 23.1 Å². The van der Waals surface area contributed by atoms with Crippen molar-refractivity contribution in [3.8, 4) is 11.5 Å². The number of rotatable bonds is 6. The van der Waals surface area contributed by atoms with Gasteiger partial charge in [-0.1, -0.05) is 6.07 Å². The number of ether oxygens (including phenoxy) is 2. The Labute approximate surface area is 208 Å². The molecule has 202 valence electrons. The highest BCUT2D eigenvalue weighted by molar-refractivity contribution is 5.70. The van der Waals surface area contributed by atoms with Gasteiger partial charge < -0.3 is 19.7 Å². The minimum absolute atomic E-state index is 0.157. The molecule has 12 heteroatoms. The first-order chi connectivity index (χ1) is 17.2. The molecule has 2 N–H and O–H groups in total. The second-order valence-electron chi connectivity index (χ2n) is 9.43. The lowest BCUT2D eigenvalue weighted by atomic mass is 9.88. The van der Waals surface area contributed by atoms with E-state index in [9.17, 15) is 36.2 Å². The molecular formula is C25H25F6NO5. The summed E-state index contributed by atoms with van der Waals surface area (Å²) in [6.07, 6.45) is -11.3. The van der Waals surface area contributed by atoms with Crippen LogP contribution in [-0.4, -0.2) is 46.9 Å². The number of hydrogen-bond donors (Lipinski definition) is 2. The summed E-state index contributed by atoms with van der Waals surface area (Å²) in [6, 6.07) is 5.12. The summed E-state index contributed by atoms with van der Waals surface area (Å²) in [5.74, 6) is -1.69. The lowest BCUT2D eigenvalue weighted by Gasteiger charge is -2.47. The van der Waals surface area contributed by atoms with Crippen molar-refractivity contribution in [2.24, 2.45) is 11.8 Å². The molecule has 0 spiro atoms. The Balaban J connectivity index is 1.46. The Morgan fingerprint density at radius 1 is 1.00 bits per heavy atom. The smallest absolute Gasteiger partial charge is 0.416 e. The summed E-state index contributed by atoms with van der Waals surface area (Å²) >= 11 is 0. The van der Waals surface area contributed by atoms with E-state index in [2.05, 4.69) is 0 Å². The molecule has 0 bridgehead atoms. The fraction of sp³-hybridized carbons (Fsp3) is 0.480. The highest BCUT2D eigenvalue weighted by Crippen LogP contribution is 2.43. The van der Waals surface area contributed by atoms with Gasteiger partial charge in [0.15, 0.2) is 11.5 Å². The number of aliphatic hydroxyl groups excluding tert-OH is 1. The number of carboxylic acids is 1. The number of alkyl halides is 6. The quantitative estimate of drug-likeness (QED) is 0.490. The molecule has 2 aromatic rings. The van der Waals surface area contributed by atoms with Gasteiger partial charge in [-0.15, -0.1) is 0 Å². The van der Waals surface area contributed by atoms with Crippen molar-refractivity contribution in [1.82, 2.24) is 4.90 Å². The van der Waals surface area contributed by atoms with Crippen LogP contribution in [0.3, 0.4) is 0 Å². The maximum absolute atomic E-state index is 13.5. The van der Waals surface area contributed by atoms with Gasteiger partial charge in [0.1, 0.15) is 12.7 Å². The fourth-order valence-electron chi connectivity index (χ4n) is 4.58. The molecule has 2 aliphatic rings. The molecule has 0 radical (unpaired) electrons. The molecular weight excluding hydrogens is 508 g/mol. The molecule has 0 aliphatic carbocycles. The van der Waals surface area contributed by atoms with Crippen molar-refractivity contribution in [2.45, 2.75) is 44.4 Å². The molecule has 37 heavy (non-hydrogen) atoms. The largest absolute Gasteiger partial charge is 0.486 e. The topological polar surface area (TPSA) is 79.2 Å².